The second-order valence-corrected chi connectivity index (χ2v) is 8.23. The van der Waals surface area contributed by atoms with Crippen molar-refractivity contribution in [2.24, 2.45) is 0 Å². The lowest BCUT2D eigenvalue weighted by atomic mass is 10.1. The van der Waals surface area contributed by atoms with Gasteiger partial charge in [-0.1, -0.05) is 57.5 Å². The molecule has 0 aliphatic heterocycles. The maximum Gasteiger partial charge on any atom is 0.279 e. The second kappa shape index (κ2) is 7.59. The second-order valence-electron chi connectivity index (χ2n) is 7.31. The Kier molecular flexibility index (Phi) is 4.75. The predicted octanol–water partition coefficient (Wildman–Crippen LogP) is 5.48. The van der Waals surface area contributed by atoms with Crippen LogP contribution in [-0.4, -0.2) is 19.9 Å². The first kappa shape index (κ1) is 19.4. The average molecular weight is 473 g/mol. The number of benzene rings is 3. The van der Waals surface area contributed by atoms with Crippen LogP contribution in [0.4, 0.5) is 0 Å². The summed E-state index contributed by atoms with van der Waals surface area (Å²) in [6, 6.07) is 20.7. The maximum atomic E-state index is 13.1. The van der Waals surface area contributed by atoms with E-state index >= 15 is 0 Å². The monoisotopic (exact) mass is 472 g/mol. The van der Waals surface area contributed by atoms with E-state index in [9.17, 15) is 4.79 Å². The lowest BCUT2D eigenvalue weighted by molar-refractivity contribution is 0.430. The Balaban J connectivity index is 1.72. The Bertz CT molecular complexity index is 1500. The van der Waals surface area contributed by atoms with Crippen molar-refractivity contribution in [2.45, 2.75) is 13.8 Å². The third-order valence-electron chi connectivity index (χ3n) is 5.25. The number of fused-ring (bicyclic) bond motifs is 1. The minimum Gasteiger partial charge on any atom is -0.332 e. The molecule has 0 bridgehead atoms. The highest BCUT2D eigenvalue weighted by Gasteiger charge is 2.19. The number of hydrogen-bond donors (Lipinski definition) is 0. The highest BCUT2D eigenvalue weighted by molar-refractivity contribution is 9.10. The van der Waals surface area contributed by atoms with E-state index in [-0.39, 0.29) is 11.4 Å². The van der Waals surface area contributed by atoms with Crippen LogP contribution in [0.3, 0.4) is 0 Å². The van der Waals surface area contributed by atoms with Gasteiger partial charge in [-0.2, -0.15) is 14.8 Å². The fraction of sp³-hybridized carbons (Fsp3) is 0.0833. The fourth-order valence-electron chi connectivity index (χ4n) is 3.45. The van der Waals surface area contributed by atoms with Gasteiger partial charge in [0.15, 0.2) is 5.69 Å². The lowest BCUT2D eigenvalue weighted by Crippen LogP contribution is -2.22. The van der Waals surface area contributed by atoms with Crippen molar-refractivity contribution in [1.29, 1.82) is 0 Å². The van der Waals surface area contributed by atoms with Gasteiger partial charge in [0.1, 0.15) is 0 Å². The zero-order chi connectivity index (χ0) is 21.5. The first-order chi connectivity index (χ1) is 15.0. The third-order valence-corrected chi connectivity index (χ3v) is 5.74. The van der Waals surface area contributed by atoms with Crippen LogP contribution in [0.15, 0.2) is 80.5 Å². The van der Waals surface area contributed by atoms with Gasteiger partial charge in [0, 0.05) is 15.4 Å². The molecule has 152 valence electrons. The molecule has 0 saturated heterocycles. The van der Waals surface area contributed by atoms with Crippen molar-refractivity contribution in [2.75, 3.05) is 0 Å². The van der Waals surface area contributed by atoms with Gasteiger partial charge < -0.3 is 4.52 Å². The number of aromatic nitrogens is 4. The Morgan fingerprint density at radius 1 is 0.903 bits per heavy atom. The van der Waals surface area contributed by atoms with Crippen LogP contribution in [0.25, 0.3) is 39.4 Å². The van der Waals surface area contributed by atoms with E-state index < -0.39 is 0 Å². The molecule has 5 rings (SSSR count). The predicted molar refractivity (Wildman–Crippen MR) is 123 cm³/mol. The summed E-state index contributed by atoms with van der Waals surface area (Å²) in [6.45, 7) is 4.10. The molecule has 0 aliphatic rings. The van der Waals surface area contributed by atoms with E-state index in [1.807, 2.05) is 67.6 Å². The van der Waals surface area contributed by atoms with E-state index in [2.05, 4.69) is 38.1 Å². The largest absolute Gasteiger partial charge is 0.332 e. The molecule has 0 atom stereocenters. The van der Waals surface area contributed by atoms with Crippen LogP contribution in [0.1, 0.15) is 11.1 Å². The maximum absolute atomic E-state index is 13.1. The van der Waals surface area contributed by atoms with Crippen LogP contribution in [0, 0.1) is 13.8 Å². The SMILES string of the molecule is Cc1ccc(-c2noc(-c3nn(-c4cccc(Br)c4)c(=O)c4ccccc34)n2)cc1C. The summed E-state index contributed by atoms with van der Waals surface area (Å²) in [5, 5.41) is 9.95. The van der Waals surface area contributed by atoms with Crippen molar-refractivity contribution in [3.8, 4) is 28.7 Å². The Morgan fingerprint density at radius 2 is 1.71 bits per heavy atom. The number of nitrogens with zero attached hydrogens (tertiary/aromatic N) is 4. The molecule has 0 N–H and O–H groups in total. The van der Waals surface area contributed by atoms with Gasteiger partial charge in [0.25, 0.3) is 11.4 Å². The number of aryl methyl sites for hydroxylation is 2. The third kappa shape index (κ3) is 3.47. The van der Waals surface area contributed by atoms with Crippen molar-refractivity contribution >= 4 is 26.7 Å². The molecule has 2 heterocycles. The number of halogens is 1. The summed E-state index contributed by atoms with van der Waals surface area (Å²) < 4.78 is 7.80. The summed E-state index contributed by atoms with van der Waals surface area (Å²) in [4.78, 5) is 17.7. The van der Waals surface area contributed by atoms with E-state index in [1.54, 1.807) is 6.07 Å². The molecule has 2 aromatic heterocycles. The van der Waals surface area contributed by atoms with Gasteiger partial charge in [-0.15, -0.1) is 0 Å². The molecule has 0 aliphatic carbocycles. The van der Waals surface area contributed by atoms with Crippen LogP contribution in [0.5, 0.6) is 0 Å². The number of rotatable bonds is 3. The van der Waals surface area contributed by atoms with E-state index in [0.29, 0.717) is 28.0 Å². The quantitative estimate of drug-likeness (QED) is 0.347. The van der Waals surface area contributed by atoms with Crippen molar-refractivity contribution in [3.63, 3.8) is 0 Å². The highest BCUT2D eigenvalue weighted by Crippen LogP contribution is 2.27. The summed E-state index contributed by atoms with van der Waals surface area (Å²) in [6.07, 6.45) is 0. The average Bonchev–Trinajstić information content (AvgIpc) is 3.26. The Morgan fingerprint density at radius 3 is 2.48 bits per heavy atom. The van der Waals surface area contributed by atoms with Crippen molar-refractivity contribution in [1.82, 2.24) is 19.9 Å². The minimum atomic E-state index is -0.216. The number of hydrogen-bond acceptors (Lipinski definition) is 5. The summed E-state index contributed by atoms with van der Waals surface area (Å²) in [5.74, 6) is 0.734. The van der Waals surface area contributed by atoms with Gasteiger partial charge >= 0.3 is 0 Å². The molecule has 0 radical (unpaired) electrons. The standard InChI is InChI=1S/C24H17BrN4O2/c1-14-10-11-16(12-15(14)2)22-26-23(31-28-22)21-19-8-3-4-9-20(19)24(30)29(27-21)18-7-5-6-17(25)13-18/h3-13H,1-2H3. The molecule has 6 nitrogen and oxygen atoms in total. The lowest BCUT2D eigenvalue weighted by Gasteiger charge is -2.09. The zero-order valence-corrected chi connectivity index (χ0v) is 18.4. The van der Waals surface area contributed by atoms with E-state index in [1.165, 1.54) is 10.2 Å². The van der Waals surface area contributed by atoms with E-state index in [0.717, 1.165) is 15.6 Å². The highest BCUT2D eigenvalue weighted by atomic mass is 79.9. The van der Waals surface area contributed by atoms with Gasteiger partial charge in [-0.3, -0.25) is 4.79 Å². The smallest absolute Gasteiger partial charge is 0.279 e. The van der Waals surface area contributed by atoms with Crippen molar-refractivity contribution in [3.05, 3.63) is 92.7 Å². The fourth-order valence-corrected chi connectivity index (χ4v) is 3.83. The van der Waals surface area contributed by atoms with Gasteiger partial charge in [-0.05, 0) is 55.3 Å². The first-order valence-corrected chi connectivity index (χ1v) is 10.5. The summed E-state index contributed by atoms with van der Waals surface area (Å²) in [5.41, 5.74) is 4.09. The molecule has 0 unspecified atom stereocenters. The molecule has 5 aromatic rings. The van der Waals surface area contributed by atoms with Crippen LogP contribution in [-0.2, 0) is 0 Å². The normalized spacial score (nSPS) is 11.2. The Hall–Kier alpha value is -3.58. The minimum absolute atomic E-state index is 0.216. The molecule has 0 fully saturated rings. The molecular formula is C24H17BrN4O2. The molecule has 7 heteroatoms. The van der Waals surface area contributed by atoms with Gasteiger partial charge in [0.05, 0.1) is 11.1 Å². The molecule has 0 spiro atoms. The molecular weight excluding hydrogens is 456 g/mol. The summed E-state index contributed by atoms with van der Waals surface area (Å²) >= 11 is 3.45. The zero-order valence-electron chi connectivity index (χ0n) is 16.8. The molecule has 31 heavy (non-hydrogen) atoms. The van der Waals surface area contributed by atoms with Crippen molar-refractivity contribution < 1.29 is 4.52 Å². The van der Waals surface area contributed by atoms with E-state index in [4.69, 9.17) is 4.52 Å². The molecule has 0 amide bonds. The molecule has 0 saturated carbocycles. The first-order valence-electron chi connectivity index (χ1n) is 9.71. The van der Waals surface area contributed by atoms with Crippen LogP contribution < -0.4 is 5.56 Å². The topological polar surface area (TPSA) is 73.8 Å². The van der Waals surface area contributed by atoms with Gasteiger partial charge in [0.2, 0.25) is 5.82 Å². The van der Waals surface area contributed by atoms with Crippen LogP contribution >= 0.6 is 15.9 Å². The summed E-state index contributed by atoms with van der Waals surface area (Å²) in [7, 11) is 0. The van der Waals surface area contributed by atoms with Crippen LogP contribution in [0.2, 0.25) is 0 Å². The Labute approximate surface area is 186 Å². The molecule has 3 aromatic carbocycles. The van der Waals surface area contributed by atoms with Gasteiger partial charge in [-0.25, -0.2) is 0 Å².